The van der Waals surface area contributed by atoms with E-state index >= 15 is 0 Å². The second-order valence-electron chi connectivity index (χ2n) is 8.46. The van der Waals surface area contributed by atoms with Crippen molar-refractivity contribution in [3.8, 4) is 0 Å². The summed E-state index contributed by atoms with van der Waals surface area (Å²) in [5.41, 5.74) is 0.443. The van der Waals surface area contributed by atoms with Gasteiger partial charge in [-0.25, -0.2) is 0 Å². The van der Waals surface area contributed by atoms with E-state index in [4.69, 9.17) is 4.74 Å². The molecule has 0 unspecified atom stereocenters. The smallest absolute Gasteiger partial charge is 0.245 e. The zero-order valence-corrected chi connectivity index (χ0v) is 16.9. The lowest BCUT2D eigenvalue weighted by Crippen LogP contribution is -2.58. The third-order valence-corrected chi connectivity index (χ3v) is 6.01. The van der Waals surface area contributed by atoms with Crippen LogP contribution < -0.4 is 5.32 Å². The highest BCUT2D eigenvalue weighted by Gasteiger charge is 2.53. The summed E-state index contributed by atoms with van der Waals surface area (Å²) in [6.45, 7) is 8.26. The lowest BCUT2D eigenvalue weighted by Gasteiger charge is -2.43. The molecule has 2 fully saturated rings. The highest BCUT2D eigenvalue weighted by Crippen LogP contribution is 2.43. The van der Waals surface area contributed by atoms with Crippen LogP contribution in [0.3, 0.4) is 0 Å². The minimum absolute atomic E-state index is 0.00886. The van der Waals surface area contributed by atoms with Gasteiger partial charge in [0, 0.05) is 5.92 Å². The van der Waals surface area contributed by atoms with Crippen molar-refractivity contribution in [2.45, 2.75) is 71.2 Å². The molecule has 148 valence electrons. The highest BCUT2D eigenvalue weighted by atomic mass is 16.5. The number of amides is 2. The maximum Gasteiger partial charge on any atom is 0.245 e. The summed E-state index contributed by atoms with van der Waals surface area (Å²) >= 11 is 0. The first-order valence-electron chi connectivity index (χ1n) is 10.2. The summed E-state index contributed by atoms with van der Waals surface area (Å²) in [5.74, 6) is 0.358. The van der Waals surface area contributed by atoms with Gasteiger partial charge in [-0.15, -0.1) is 0 Å². The molecule has 0 aromatic heterocycles. The lowest BCUT2D eigenvalue weighted by molar-refractivity contribution is -0.164. The first kappa shape index (κ1) is 19.9. The number of ether oxygens (including phenoxy) is 1. The number of nitrogens with zero attached hydrogens (tertiary/aromatic N) is 1. The van der Waals surface area contributed by atoms with Crippen molar-refractivity contribution < 1.29 is 14.3 Å². The topological polar surface area (TPSA) is 58.6 Å². The second kappa shape index (κ2) is 8.01. The fraction of sp³-hybridized carbons (Fsp3) is 0.636. The van der Waals surface area contributed by atoms with Crippen molar-refractivity contribution in [2.75, 3.05) is 6.61 Å². The number of nitrogens with one attached hydrogen (secondary N) is 1. The first-order chi connectivity index (χ1) is 12.8. The lowest BCUT2D eigenvalue weighted by atomic mass is 9.83. The molecule has 1 aromatic rings. The fourth-order valence-electron chi connectivity index (χ4n) is 4.22. The Morgan fingerprint density at radius 2 is 1.78 bits per heavy atom. The molecule has 27 heavy (non-hydrogen) atoms. The zero-order valence-electron chi connectivity index (χ0n) is 16.9. The predicted molar refractivity (Wildman–Crippen MR) is 105 cm³/mol. The number of hydrogen-bond donors (Lipinski definition) is 1. The Bertz CT molecular complexity index is 665. The predicted octanol–water partition coefficient (Wildman–Crippen LogP) is 3.65. The highest BCUT2D eigenvalue weighted by molar-refractivity contribution is 5.89. The molecule has 1 spiro atoms. The molecule has 5 heteroatoms. The average molecular weight is 373 g/mol. The number of carbonyl (C=O) groups excluding carboxylic acids is 2. The van der Waals surface area contributed by atoms with Crippen molar-refractivity contribution in [3.63, 3.8) is 0 Å². The van der Waals surface area contributed by atoms with Gasteiger partial charge in [-0.1, -0.05) is 51.1 Å². The molecule has 0 radical (unpaired) electrons. The van der Waals surface area contributed by atoms with Gasteiger partial charge in [-0.3, -0.25) is 14.5 Å². The summed E-state index contributed by atoms with van der Waals surface area (Å²) in [6, 6.07) is 9.21. The summed E-state index contributed by atoms with van der Waals surface area (Å²) < 4.78 is 6.18. The normalized spacial score (nSPS) is 29.1. The van der Waals surface area contributed by atoms with Gasteiger partial charge in [0.1, 0.15) is 11.8 Å². The van der Waals surface area contributed by atoms with Crippen LogP contribution in [0.25, 0.3) is 0 Å². The standard InChI is InChI=1S/C22H32N2O3/c1-15(2)21(26)24-19(14-27-22(24)12-10-16(3)11-13-22)20(25)23-17(4)18-8-6-5-7-9-18/h5-9,15-17,19H,10-14H2,1-4H3,(H,23,25)/t16?,17-,19+,22?/m0/s1. The Balaban J connectivity index is 1.78. The maximum atomic E-state index is 13.1. The van der Waals surface area contributed by atoms with E-state index in [1.54, 1.807) is 4.90 Å². The molecule has 5 nitrogen and oxygen atoms in total. The Labute approximate surface area is 162 Å². The molecule has 3 rings (SSSR count). The molecule has 1 N–H and O–H groups in total. The Kier molecular flexibility index (Phi) is 5.89. The minimum Gasteiger partial charge on any atom is -0.353 e. The quantitative estimate of drug-likeness (QED) is 0.878. The van der Waals surface area contributed by atoms with Crippen molar-refractivity contribution in [1.29, 1.82) is 0 Å². The summed E-state index contributed by atoms with van der Waals surface area (Å²) in [7, 11) is 0. The van der Waals surface area contributed by atoms with Crippen LogP contribution in [0.4, 0.5) is 0 Å². The van der Waals surface area contributed by atoms with Gasteiger partial charge in [0.05, 0.1) is 12.6 Å². The van der Waals surface area contributed by atoms with Crippen LogP contribution in [0.15, 0.2) is 30.3 Å². The summed E-state index contributed by atoms with van der Waals surface area (Å²) in [4.78, 5) is 27.9. The SMILES string of the molecule is CC1CCC2(CC1)OC[C@H](C(=O)N[C@@H](C)c1ccccc1)N2C(=O)C(C)C. The molecule has 1 saturated heterocycles. The fourth-order valence-corrected chi connectivity index (χ4v) is 4.22. The molecular formula is C22H32N2O3. The minimum atomic E-state index is -0.605. The van der Waals surface area contributed by atoms with Crippen LogP contribution in [0.1, 0.15) is 65.0 Å². The Hall–Kier alpha value is -1.88. The maximum absolute atomic E-state index is 13.1. The number of benzene rings is 1. The van der Waals surface area contributed by atoms with Crippen LogP contribution in [-0.4, -0.2) is 35.1 Å². The van der Waals surface area contributed by atoms with Crippen molar-refractivity contribution >= 4 is 11.8 Å². The van der Waals surface area contributed by atoms with Crippen molar-refractivity contribution in [2.24, 2.45) is 11.8 Å². The monoisotopic (exact) mass is 372 g/mol. The van der Waals surface area contributed by atoms with Gasteiger partial charge >= 0.3 is 0 Å². The van der Waals surface area contributed by atoms with E-state index in [0.717, 1.165) is 31.2 Å². The van der Waals surface area contributed by atoms with Gasteiger partial charge in [0.15, 0.2) is 0 Å². The van der Waals surface area contributed by atoms with E-state index in [1.165, 1.54) is 0 Å². The van der Waals surface area contributed by atoms with Gasteiger partial charge in [0.25, 0.3) is 0 Å². The van der Waals surface area contributed by atoms with E-state index < -0.39 is 11.8 Å². The first-order valence-corrected chi connectivity index (χ1v) is 10.2. The van der Waals surface area contributed by atoms with Crippen LogP contribution in [-0.2, 0) is 14.3 Å². The number of hydrogen-bond acceptors (Lipinski definition) is 3. The molecule has 2 atom stereocenters. The van der Waals surface area contributed by atoms with E-state index in [9.17, 15) is 9.59 Å². The van der Waals surface area contributed by atoms with Crippen LogP contribution in [0, 0.1) is 11.8 Å². The van der Waals surface area contributed by atoms with Gasteiger partial charge in [0.2, 0.25) is 11.8 Å². The van der Waals surface area contributed by atoms with Crippen LogP contribution >= 0.6 is 0 Å². The Morgan fingerprint density at radius 3 is 2.37 bits per heavy atom. The van der Waals surface area contributed by atoms with Crippen molar-refractivity contribution in [3.05, 3.63) is 35.9 Å². The van der Waals surface area contributed by atoms with Gasteiger partial charge in [-0.05, 0) is 44.1 Å². The summed E-state index contributed by atoms with van der Waals surface area (Å²) in [6.07, 6.45) is 3.67. The largest absolute Gasteiger partial charge is 0.353 e. The molecule has 1 aliphatic carbocycles. The Morgan fingerprint density at radius 1 is 1.15 bits per heavy atom. The molecule has 1 saturated carbocycles. The van der Waals surface area contributed by atoms with Crippen LogP contribution in [0.5, 0.6) is 0 Å². The zero-order chi connectivity index (χ0) is 19.6. The van der Waals surface area contributed by atoms with Crippen molar-refractivity contribution in [1.82, 2.24) is 10.2 Å². The van der Waals surface area contributed by atoms with Gasteiger partial charge < -0.3 is 10.1 Å². The number of carbonyl (C=O) groups is 2. The van der Waals surface area contributed by atoms with E-state index in [0.29, 0.717) is 5.92 Å². The molecule has 2 amide bonds. The molecular weight excluding hydrogens is 340 g/mol. The van der Waals surface area contributed by atoms with E-state index in [1.807, 2.05) is 51.1 Å². The molecule has 0 bridgehead atoms. The molecule has 1 aliphatic heterocycles. The second-order valence-corrected chi connectivity index (χ2v) is 8.46. The van der Waals surface area contributed by atoms with Gasteiger partial charge in [-0.2, -0.15) is 0 Å². The van der Waals surface area contributed by atoms with E-state index in [-0.39, 0.29) is 30.4 Å². The molecule has 1 heterocycles. The molecule has 2 aliphatic rings. The number of rotatable bonds is 4. The summed E-state index contributed by atoms with van der Waals surface area (Å²) in [5, 5.41) is 3.08. The molecule has 1 aromatic carbocycles. The van der Waals surface area contributed by atoms with Crippen LogP contribution in [0.2, 0.25) is 0 Å². The van der Waals surface area contributed by atoms with E-state index in [2.05, 4.69) is 12.2 Å². The third-order valence-electron chi connectivity index (χ3n) is 6.01. The third kappa shape index (κ3) is 4.03. The average Bonchev–Trinajstić information content (AvgIpc) is 3.03.